The zero-order valence-corrected chi connectivity index (χ0v) is 25.8. The molecule has 4 aliphatic carbocycles. The van der Waals surface area contributed by atoms with Crippen LogP contribution < -0.4 is 20.1 Å². The zero-order chi connectivity index (χ0) is 31.4. The lowest BCUT2D eigenvalue weighted by Crippen LogP contribution is -2.54. The zero-order valence-electron chi connectivity index (χ0n) is 25.8. The number of rotatable bonds is 13. The van der Waals surface area contributed by atoms with Crippen LogP contribution in [0.25, 0.3) is 11.1 Å². The fraction of sp³-hybridized carbons (Fsp3) is 0.432. The number of ether oxygens (including phenoxy) is 2. The summed E-state index contributed by atoms with van der Waals surface area (Å²) in [5, 5.41) is 15.2. The predicted octanol–water partition coefficient (Wildman–Crippen LogP) is 6.24. The maximum Gasteiger partial charge on any atom is 0.303 e. The molecule has 0 saturated heterocycles. The van der Waals surface area contributed by atoms with E-state index in [0.717, 1.165) is 65.2 Å². The highest BCUT2D eigenvalue weighted by molar-refractivity contribution is 5.98. The summed E-state index contributed by atoms with van der Waals surface area (Å²) in [5.74, 6) is 2.15. The first-order chi connectivity index (χ1) is 21.8. The van der Waals surface area contributed by atoms with Crippen molar-refractivity contribution in [2.75, 3.05) is 13.7 Å². The number of aliphatic carboxylic acids is 1. The first-order valence-electron chi connectivity index (χ1n) is 16.0. The number of nitrogens with one attached hydrogen (secondary N) is 2. The molecule has 7 rings (SSSR count). The Morgan fingerprint density at radius 1 is 0.867 bits per heavy atom. The topological polar surface area (TPSA) is 114 Å². The minimum Gasteiger partial charge on any atom is -0.497 e. The van der Waals surface area contributed by atoms with E-state index in [-0.39, 0.29) is 24.2 Å². The monoisotopic (exact) mass is 610 g/mol. The SMILES string of the molecule is COc1cccc(COc2ccc(-c3ccc(C(=O)N[C@@H](CCC(=O)O)C(=O)NCC45CC6CC(CC(C6)C4)C5)cc3)cc2)c1. The summed E-state index contributed by atoms with van der Waals surface area (Å²) in [6.07, 6.45) is 7.31. The molecule has 4 aliphatic rings. The summed E-state index contributed by atoms with van der Waals surface area (Å²) < 4.78 is 11.2. The van der Waals surface area contributed by atoms with Gasteiger partial charge in [-0.2, -0.15) is 0 Å². The van der Waals surface area contributed by atoms with Gasteiger partial charge in [0.2, 0.25) is 5.91 Å². The molecule has 8 nitrogen and oxygen atoms in total. The summed E-state index contributed by atoms with van der Waals surface area (Å²) in [5.41, 5.74) is 3.48. The molecule has 4 fully saturated rings. The molecule has 1 atom stereocenters. The lowest BCUT2D eigenvalue weighted by molar-refractivity contribution is -0.137. The molecule has 0 aromatic heterocycles. The van der Waals surface area contributed by atoms with E-state index in [0.29, 0.717) is 18.7 Å². The normalized spacial score (nSPS) is 23.6. The van der Waals surface area contributed by atoms with Crippen molar-refractivity contribution in [2.24, 2.45) is 23.2 Å². The van der Waals surface area contributed by atoms with Crippen LogP contribution in [0.4, 0.5) is 0 Å². The summed E-state index contributed by atoms with van der Waals surface area (Å²) in [7, 11) is 1.64. The summed E-state index contributed by atoms with van der Waals surface area (Å²) in [6, 6.07) is 21.8. The van der Waals surface area contributed by atoms with E-state index in [2.05, 4.69) is 10.6 Å². The van der Waals surface area contributed by atoms with Gasteiger partial charge in [0.05, 0.1) is 7.11 Å². The van der Waals surface area contributed by atoms with Crippen LogP contribution in [0.1, 0.15) is 67.3 Å². The van der Waals surface area contributed by atoms with Crippen molar-refractivity contribution in [1.82, 2.24) is 10.6 Å². The van der Waals surface area contributed by atoms with Crippen molar-refractivity contribution in [2.45, 2.75) is 64.0 Å². The minimum absolute atomic E-state index is 0.0398. The number of carbonyl (C=O) groups excluding carboxylic acids is 2. The molecular weight excluding hydrogens is 568 g/mol. The fourth-order valence-corrected chi connectivity index (χ4v) is 8.17. The van der Waals surface area contributed by atoms with Gasteiger partial charge in [-0.1, -0.05) is 36.4 Å². The molecular formula is C37H42N2O6. The number of methoxy groups -OCH3 is 1. The summed E-state index contributed by atoms with van der Waals surface area (Å²) in [4.78, 5) is 37.8. The molecule has 0 heterocycles. The molecule has 4 saturated carbocycles. The molecule has 45 heavy (non-hydrogen) atoms. The molecule has 4 bridgehead atoms. The Bertz CT molecular complexity index is 1480. The Hall–Kier alpha value is -4.33. The van der Waals surface area contributed by atoms with Crippen LogP contribution in [0.5, 0.6) is 11.5 Å². The van der Waals surface area contributed by atoms with Crippen LogP contribution in [0.15, 0.2) is 72.8 Å². The van der Waals surface area contributed by atoms with Gasteiger partial charge in [0.25, 0.3) is 5.91 Å². The van der Waals surface area contributed by atoms with Crippen molar-refractivity contribution in [3.05, 3.63) is 83.9 Å². The van der Waals surface area contributed by atoms with Crippen LogP contribution >= 0.6 is 0 Å². The van der Waals surface area contributed by atoms with Crippen LogP contribution in [0.3, 0.4) is 0 Å². The Morgan fingerprint density at radius 3 is 2.09 bits per heavy atom. The van der Waals surface area contributed by atoms with Gasteiger partial charge in [-0.25, -0.2) is 0 Å². The maximum atomic E-state index is 13.3. The van der Waals surface area contributed by atoms with Crippen molar-refractivity contribution in [1.29, 1.82) is 0 Å². The highest BCUT2D eigenvalue weighted by Crippen LogP contribution is 2.59. The lowest BCUT2D eigenvalue weighted by Gasteiger charge is -2.57. The number of carboxylic acid groups (broad SMARTS) is 1. The molecule has 8 heteroatoms. The van der Waals surface area contributed by atoms with Crippen molar-refractivity contribution >= 4 is 17.8 Å². The number of benzene rings is 3. The highest BCUT2D eigenvalue weighted by atomic mass is 16.5. The van der Waals surface area contributed by atoms with Crippen molar-refractivity contribution in [3.63, 3.8) is 0 Å². The van der Waals surface area contributed by atoms with E-state index in [1.807, 2.05) is 60.7 Å². The highest BCUT2D eigenvalue weighted by Gasteiger charge is 2.50. The maximum absolute atomic E-state index is 13.3. The number of hydrogen-bond acceptors (Lipinski definition) is 5. The molecule has 0 spiro atoms. The number of carboxylic acids is 1. The van der Waals surface area contributed by atoms with Gasteiger partial charge in [-0.3, -0.25) is 14.4 Å². The minimum atomic E-state index is -0.996. The standard InChI is InChI=1S/C37H42N2O6/c1-44-32-4-2-3-24(18-32)22-45-31-11-9-29(10-12-31)28-5-7-30(8-6-28)35(42)39-33(13-14-34(40)41)36(43)38-23-37-19-25-15-26(20-37)17-27(16-25)21-37/h2-12,18,25-27,33H,13-17,19-23H2,1H3,(H,38,43)(H,39,42)(H,40,41)/t25?,26?,27?,33-,37?/m0/s1. The van der Waals surface area contributed by atoms with Gasteiger partial charge < -0.3 is 25.2 Å². The lowest BCUT2D eigenvalue weighted by atomic mass is 9.49. The largest absolute Gasteiger partial charge is 0.497 e. The third-order valence-corrected chi connectivity index (χ3v) is 9.95. The number of carbonyl (C=O) groups is 3. The smallest absolute Gasteiger partial charge is 0.303 e. The Kier molecular flexibility index (Phi) is 9.10. The van der Waals surface area contributed by atoms with E-state index in [9.17, 15) is 19.5 Å². The first kappa shape index (κ1) is 30.7. The first-order valence-corrected chi connectivity index (χ1v) is 16.0. The molecule has 0 radical (unpaired) electrons. The van der Waals surface area contributed by atoms with Gasteiger partial charge in [-0.15, -0.1) is 0 Å². The molecule has 3 aromatic carbocycles. The Balaban J connectivity index is 1.04. The van der Waals surface area contributed by atoms with E-state index >= 15 is 0 Å². The van der Waals surface area contributed by atoms with Crippen LogP contribution in [0.2, 0.25) is 0 Å². The second-order valence-electron chi connectivity index (χ2n) is 13.3. The Morgan fingerprint density at radius 2 is 1.49 bits per heavy atom. The molecule has 3 aromatic rings. The summed E-state index contributed by atoms with van der Waals surface area (Å²) in [6.45, 7) is 1.03. The molecule has 2 amide bonds. The molecule has 0 aliphatic heterocycles. The van der Waals surface area contributed by atoms with Crippen molar-refractivity contribution < 1.29 is 29.0 Å². The van der Waals surface area contributed by atoms with Crippen LogP contribution in [0, 0.1) is 23.2 Å². The number of amides is 2. The second-order valence-corrected chi connectivity index (χ2v) is 13.3. The third-order valence-electron chi connectivity index (χ3n) is 9.95. The van der Waals surface area contributed by atoms with Gasteiger partial charge >= 0.3 is 5.97 Å². The quantitative estimate of drug-likeness (QED) is 0.211. The molecule has 0 unspecified atom stereocenters. The van der Waals surface area contributed by atoms with E-state index in [1.165, 1.54) is 19.3 Å². The van der Waals surface area contributed by atoms with Crippen LogP contribution in [-0.2, 0) is 16.2 Å². The second kappa shape index (κ2) is 13.3. The molecule has 3 N–H and O–H groups in total. The van der Waals surface area contributed by atoms with Gasteiger partial charge in [0.15, 0.2) is 0 Å². The van der Waals surface area contributed by atoms with Gasteiger partial charge in [-0.05, 0) is 121 Å². The number of hydrogen-bond donors (Lipinski definition) is 3. The van der Waals surface area contributed by atoms with E-state index in [4.69, 9.17) is 9.47 Å². The molecule has 236 valence electrons. The fourth-order valence-electron chi connectivity index (χ4n) is 8.17. The van der Waals surface area contributed by atoms with Gasteiger partial charge in [0.1, 0.15) is 24.1 Å². The van der Waals surface area contributed by atoms with Crippen LogP contribution in [-0.4, -0.2) is 42.6 Å². The Labute approximate surface area is 264 Å². The predicted molar refractivity (Wildman–Crippen MR) is 171 cm³/mol. The third kappa shape index (κ3) is 7.49. The van der Waals surface area contributed by atoms with E-state index < -0.39 is 17.9 Å². The van der Waals surface area contributed by atoms with Crippen molar-refractivity contribution in [3.8, 4) is 22.6 Å². The van der Waals surface area contributed by atoms with Gasteiger partial charge in [0, 0.05) is 18.5 Å². The summed E-state index contributed by atoms with van der Waals surface area (Å²) >= 11 is 0. The van der Waals surface area contributed by atoms with E-state index in [1.54, 1.807) is 19.2 Å². The average molecular weight is 611 g/mol. The average Bonchev–Trinajstić information content (AvgIpc) is 3.04.